The molecule has 0 saturated heterocycles. The summed E-state index contributed by atoms with van der Waals surface area (Å²) in [4.78, 5) is 4.13. The van der Waals surface area contributed by atoms with Crippen molar-refractivity contribution in [1.29, 1.82) is 5.26 Å². The smallest absolute Gasteiger partial charge is 0.242 e. The van der Waals surface area contributed by atoms with Gasteiger partial charge in [-0.15, -0.1) is 0 Å². The van der Waals surface area contributed by atoms with Crippen LogP contribution in [0.25, 0.3) is 10.9 Å². The Bertz CT molecular complexity index is 1290. The van der Waals surface area contributed by atoms with Crippen LogP contribution in [0.4, 0.5) is 8.78 Å². The molecule has 1 aromatic carbocycles. The molecule has 2 aromatic heterocycles. The van der Waals surface area contributed by atoms with Gasteiger partial charge in [0.15, 0.2) is 0 Å². The predicted molar refractivity (Wildman–Crippen MR) is 122 cm³/mol. The highest BCUT2D eigenvalue weighted by molar-refractivity contribution is 7.89. The van der Waals surface area contributed by atoms with Gasteiger partial charge in [-0.25, -0.2) is 21.9 Å². The van der Waals surface area contributed by atoms with Crippen molar-refractivity contribution in [3.8, 4) is 6.07 Å². The summed E-state index contributed by atoms with van der Waals surface area (Å²) in [6, 6.07) is 10.5. The second-order valence-electron chi connectivity index (χ2n) is 8.38. The van der Waals surface area contributed by atoms with E-state index in [9.17, 15) is 22.5 Å². The molecule has 33 heavy (non-hydrogen) atoms. The molecule has 2 heterocycles. The Morgan fingerprint density at radius 3 is 2.55 bits per heavy atom. The number of fused-ring (bicyclic) bond motifs is 1. The second kappa shape index (κ2) is 9.57. The molecule has 0 atom stereocenters. The van der Waals surface area contributed by atoms with E-state index >= 15 is 0 Å². The van der Waals surface area contributed by atoms with Crippen molar-refractivity contribution < 1.29 is 17.2 Å². The Morgan fingerprint density at radius 2 is 2.00 bits per heavy atom. The number of nitriles is 1. The van der Waals surface area contributed by atoms with E-state index in [-0.39, 0.29) is 4.90 Å². The number of halogens is 2. The fourth-order valence-electron chi connectivity index (χ4n) is 4.23. The van der Waals surface area contributed by atoms with Gasteiger partial charge >= 0.3 is 0 Å². The molecule has 6 nitrogen and oxygen atoms in total. The van der Waals surface area contributed by atoms with Crippen LogP contribution < -0.4 is 4.72 Å². The van der Waals surface area contributed by atoms with E-state index in [1.807, 2.05) is 4.72 Å². The van der Waals surface area contributed by atoms with Crippen LogP contribution >= 0.6 is 0 Å². The maximum absolute atomic E-state index is 12.7. The Morgan fingerprint density at radius 1 is 1.24 bits per heavy atom. The molecule has 1 N–H and O–H groups in total. The number of aromatic nitrogens is 2. The molecule has 0 bridgehead atoms. The molecule has 0 aliphatic heterocycles. The molecule has 0 unspecified atom stereocenters. The molecule has 0 spiro atoms. The molecule has 3 aromatic rings. The van der Waals surface area contributed by atoms with E-state index in [1.165, 1.54) is 12.3 Å². The lowest BCUT2D eigenvalue weighted by Gasteiger charge is -2.30. The third kappa shape index (κ3) is 4.50. The van der Waals surface area contributed by atoms with Crippen molar-refractivity contribution in [2.45, 2.75) is 56.0 Å². The molecule has 1 aliphatic carbocycles. The van der Waals surface area contributed by atoms with Crippen LogP contribution in [-0.4, -0.2) is 37.4 Å². The first-order valence-electron chi connectivity index (χ1n) is 11.1. The van der Waals surface area contributed by atoms with Gasteiger partial charge in [-0.2, -0.15) is 5.26 Å². The Balaban J connectivity index is 1.70. The van der Waals surface area contributed by atoms with Crippen LogP contribution in [0.1, 0.15) is 54.7 Å². The monoisotopic (exact) mass is 472 g/mol. The van der Waals surface area contributed by atoms with Gasteiger partial charge in [0.25, 0.3) is 0 Å². The van der Waals surface area contributed by atoms with Crippen LogP contribution in [0, 0.1) is 11.3 Å². The number of benzene rings is 1. The second-order valence-corrected chi connectivity index (χ2v) is 10.1. The molecule has 9 heteroatoms. The quantitative estimate of drug-likeness (QED) is 0.501. The molecule has 0 radical (unpaired) electrons. The maximum Gasteiger partial charge on any atom is 0.242 e. The molecule has 1 saturated carbocycles. The fraction of sp³-hybridized carbons (Fsp3) is 0.417. The Hall–Kier alpha value is -2.83. The number of rotatable bonds is 9. The largest absolute Gasteiger partial charge is 0.340 e. The minimum atomic E-state index is -4.08. The van der Waals surface area contributed by atoms with Gasteiger partial charge in [0.05, 0.1) is 11.6 Å². The minimum absolute atomic E-state index is 0.161. The Kier molecular flexibility index (Phi) is 6.77. The molecule has 4 rings (SSSR count). The van der Waals surface area contributed by atoms with Gasteiger partial charge in [0.1, 0.15) is 24.3 Å². The number of nitrogens with zero attached hydrogens (tertiary/aromatic N) is 3. The van der Waals surface area contributed by atoms with Crippen LogP contribution in [0.15, 0.2) is 41.4 Å². The number of pyridine rings is 1. The summed E-state index contributed by atoms with van der Waals surface area (Å²) in [6.45, 7) is -0.192. The van der Waals surface area contributed by atoms with Gasteiger partial charge in [-0.1, -0.05) is 13.0 Å². The van der Waals surface area contributed by atoms with E-state index in [4.69, 9.17) is 0 Å². The zero-order valence-electron chi connectivity index (χ0n) is 18.4. The van der Waals surface area contributed by atoms with Crippen molar-refractivity contribution in [1.82, 2.24) is 14.3 Å². The third-order valence-corrected chi connectivity index (χ3v) is 7.79. The maximum atomic E-state index is 12.7. The molecular weight excluding hydrogens is 446 g/mol. The zero-order chi connectivity index (χ0) is 23.6. The molecule has 174 valence electrons. The first-order valence-corrected chi connectivity index (χ1v) is 12.5. The SMILES string of the molecule is CCc1ccc2c(c1)c(C#N)c(Cc1ccc(S(=O)(=O)NC(CF)CF)cn1)n2C1CCC1. The number of hydrogen-bond donors (Lipinski definition) is 1. The predicted octanol–water partition coefficient (Wildman–Crippen LogP) is 4.37. The fourth-order valence-corrected chi connectivity index (χ4v) is 5.37. The van der Waals surface area contributed by atoms with Gasteiger partial charge in [-0.05, 0) is 55.5 Å². The summed E-state index contributed by atoms with van der Waals surface area (Å²) in [5.74, 6) is 0. The topological polar surface area (TPSA) is 87.8 Å². The molecular formula is C24H26F2N4O2S. The first-order chi connectivity index (χ1) is 15.9. The van der Waals surface area contributed by atoms with E-state index < -0.39 is 29.4 Å². The normalized spacial score (nSPS) is 14.5. The average molecular weight is 473 g/mol. The summed E-state index contributed by atoms with van der Waals surface area (Å²) in [5, 5.41) is 10.9. The first kappa shape index (κ1) is 23.3. The highest BCUT2D eigenvalue weighted by Gasteiger charge is 2.27. The standard InChI is InChI=1S/C24H26F2N4O2S/c1-2-16-6-9-23-21(10-16)22(14-27)24(30(23)19-4-3-5-19)11-17-7-8-20(15-28-17)33(31,32)29-18(12-25)13-26/h6-10,15,18-19,29H,2-5,11-13H2,1H3. The highest BCUT2D eigenvalue weighted by atomic mass is 32.2. The molecule has 1 fully saturated rings. The van der Waals surface area contributed by atoms with Crippen molar-refractivity contribution in [3.05, 3.63) is 59.0 Å². The van der Waals surface area contributed by atoms with Crippen LogP contribution in [0.3, 0.4) is 0 Å². The molecule has 0 amide bonds. The van der Waals surface area contributed by atoms with Gasteiger partial charge in [0, 0.05) is 41.0 Å². The number of alkyl halides is 2. The number of sulfonamides is 1. The lowest BCUT2D eigenvalue weighted by molar-refractivity contribution is 0.316. The highest BCUT2D eigenvalue weighted by Crippen LogP contribution is 2.39. The van der Waals surface area contributed by atoms with E-state index in [0.29, 0.717) is 23.7 Å². The summed E-state index contributed by atoms with van der Waals surface area (Å²) < 4.78 is 54.5. The van der Waals surface area contributed by atoms with Crippen molar-refractivity contribution in [2.24, 2.45) is 0 Å². The van der Waals surface area contributed by atoms with Crippen LogP contribution in [0.2, 0.25) is 0 Å². The van der Waals surface area contributed by atoms with E-state index in [2.05, 4.69) is 40.7 Å². The van der Waals surface area contributed by atoms with Crippen molar-refractivity contribution in [3.63, 3.8) is 0 Å². The third-order valence-electron chi connectivity index (χ3n) is 6.28. The summed E-state index contributed by atoms with van der Waals surface area (Å²) >= 11 is 0. The zero-order valence-corrected chi connectivity index (χ0v) is 19.2. The Labute approximate surface area is 192 Å². The summed E-state index contributed by atoms with van der Waals surface area (Å²) in [6.07, 6.45) is 5.69. The van der Waals surface area contributed by atoms with Crippen molar-refractivity contribution >= 4 is 20.9 Å². The van der Waals surface area contributed by atoms with Crippen LogP contribution in [-0.2, 0) is 22.9 Å². The summed E-state index contributed by atoms with van der Waals surface area (Å²) in [5.41, 5.74) is 4.31. The lowest BCUT2D eigenvalue weighted by Crippen LogP contribution is -2.37. The average Bonchev–Trinajstić information content (AvgIpc) is 3.08. The van der Waals surface area contributed by atoms with E-state index in [1.54, 1.807) is 6.07 Å². The van der Waals surface area contributed by atoms with Gasteiger partial charge in [-0.3, -0.25) is 4.98 Å². The van der Waals surface area contributed by atoms with Crippen LogP contribution in [0.5, 0.6) is 0 Å². The van der Waals surface area contributed by atoms with Gasteiger partial charge in [0.2, 0.25) is 10.0 Å². The number of aryl methyl sites for hydroxylation is 1. The minimum Gasteiger partial charge on any atom is -0.340 e. The van der Waals surface area contributed by atoms with E-state index in [0.717, 1.165) is 47.8 Å². The number of hydrogen-bond acceptors (Lipinski definition) is 4. The van der Waals surface area contributed by atoms with Crippen molar-refractivity contribution in [2.75, 3.05) is 13.3 Å². The summed E-state index contributed by atoms with van der Waals surface area (Å²) in [7, 11) is -4.08. The molecule has 1 aliphatic rings. The number of nitrogens with one attached hydrogen (secondary N) is 1. The van der Waals surface area contributed by atoms with Gasteiger partial charge < -0.3 is 4.57 Å². The lowest BCUT2D eigenvalue weighted by atomic mass is 9.92.